The molecule has 0 saturated carbocycles. The Bertz CT molecular complexity index is 2500. The van der Waals surface area contributed by atoms with E-state index in [9.17, 15) is 4.79 Å². The molecule has 5 nitrogen and oxygen atoms in total. The van der Waals surface area contributed by atoms with Gasteiger partial charge in [-0.3, -0.25) is 4.79 Å². The summed E-state index contributed by atoms with van der Waals surface area (Å²) in [5.74, 6) is 0.867. The molecule has 282 valence electrons. The molecule has 4 aromatic carbocycles. The van der Waals surface area contributed by atoms with Crippen LogP contribution in [0.4, 0.5) is 0 Å². The summed E-state index contributed by atoms with van der Waals surface area (Å²) in [5.41, 5.74) is 14.0. The molecule has 3 heterocycles. The third kappa shape index (κ3) is 9.22. The van der Waals surface area contributed by atoms with E-state index in [0.717, 1.165) is 29.7 Å². The topological polar surface area (TPSA) is 40.7 Å². The number of aldehydes is 1. The van der Waals surface area contributed by atoms with Crippen molar-refractivity contribution in [2.75, 3.05) is 0 Å². The second kappa shape index (κ2) is 18.3. The normalized spacial score (nSPS) is 11.7. The number of para-hydroxylation sites is 2. The van der Waals surface area contributed by atoms with Gasteiger partial charge in [-0.15, -0.1) is 0 Å². The van der Waals surface area contributed by atoms with Crippen molar-refractivity contribution >= 4 is 11.9 Å². The van der Waals surface area contributed by atoms with Crippen LogP contribution in [-0.4, -0.2) is 6.29 Å². The highest BCUT2D eigenvalue weighted by atomic mass is 16.1. The molecule has 0 saturated heterocycles. The Hall–Kier alpha value is -6.72. The second-order valence-electron chi connectivity index (χ2n) is 15.0. The summed E-state index contributed by atoms with van der Waals surface area (Å²) in [5, 5.41) is 3.49. The van der Waals surface area contributed by atoms with Gasteiger partial charge >= 0.3 is 0 Å². The van der Waals surface area contributed by atoms with Crippen LogP contribution in [0.3, 0.4) is 0 Å². The molecule has 57 heavy (non-hydrogen) atoms. The van der Waals surface area contributed by atoms with E-state index in [-0.39, 0.29) is 0 Å². The molecule has 3 aromatic heterocycles. The molecule has 0 bridgehead atoms. The summed E-state index contributed by atoms with van der Waals surface area (Å²) < 4.78 is 6.58. The zero-order valence-corrected chi connectivity index (χ0v) is 33.3. The van der Waals surface area contributed by atoms with Gasteiger partial charge in [-0.05, 0) is 69.1 Å². The second-order valence-corrected chi connectivity index (χ2v) is 15.0. The highest BCUT2D eigenvalue weighted by Gasteiger charge is 2.17. The van der Waals surface area contributed by atoms with Crippen molar-refractivity contribution in [1.82, 2.24) is 5.32 Å². The number of carbonyl (C=O) groups excluding carboxylic acids is 1. The predicted molar refractivity (Wildman–Crippen MR) is 231 cm³/mol. The first-order valence-corrected chi connectivity index (χ1v) is 19.8. The number of benzene rings is 4. The first kappa shape index (κ1) is 38.6. The first-order valence-electron chi connectivity index (χ1n) is 19.8. The fourth-order valence-electron chi connectivity index (χ4n) is 7.43. The van der Waals surface area contributed by atoms with Gasteiger partial charge < -0.3 is 5.32 Å². The maximum absolute atomic E-state index is 11.6. The van der Waals surface area contributed by atoms with Crippen LogP contribution in [0.1, 0.15) is 67.3 Å². The quantitative estimate of drug-likeness (QED) is 0.0521. The summed E-state index contributed by atoms with van der Waals surface area (Å²) in [6, 6.07) is 47.2. The van der Waals surface area contributed by atoms with Gasteiger partial charge in [0, 0.05) is 71.8 Å². The van der Waals surface area contributed by atoms with Crippen molar-refractivity contribution < 1.29 is 18.5 Å². The van der Waals surface area contributed by atoms with Crippen molar-refractivity contribution in [1.29, 1.82) is 0 Å². The predicted octanol–water partition coefficient (Wildman–Crippen LogP) is 10.0. The molecule has 0 atom stereocenters. The number of rotatable bonds is 14. The lowest BCUT2D eigenvalue weighted by Gasteiger charge is -2.13. The molecule has 0 aliphatic heterocycles. The molecular weight excluding hydrogens is 697 g/mol. The van der Waals surface area contributed by atoms with E-state index >= 15 is 0 Å². The number of pyridine rings is 3. The van der Waals surface area contributed by atoms with Gasteiger partial charge in [0.25, 0.3) is 0 Å². The number of nitrogens with one attached hydrogen (secondary N) is 1. The van der Waals surface area contributed by atoms with E-state index in [1.54, 1.807) is 6.08 Å². The summed E-state index contributed by atoms with van der Waals surface area (Å²) >= 11 is 0. The summed E-state index contributed by atoms with van der Waals surface area (Å²) in [6.45, 7) is 10.3. The van der Waals surface area contributed by atoms with Crippen molar-refractivity contribution in [3.63, 3.8) is 0 Å². The molecule has 1 N–H and O–H groups in total. The van der Waals surface area contributed by atoms with E-state index in [4.69, 9.17) is 0 Å². The zero-order chi connectivity index (χ0) is 39.6. The van der Waals surface area contributed by atoms with Crippen LogP contribution in [-0.2, 0) is 17.9 Å². The van der Waals surface area contributed by atoms with Crippen molar-refractivity contribution in [2.45, 2.75) is 52.6 Å². The van der Waals surface area contributed by atoms with E-state index in [1.807, 2.05) is 12.3 Å². The minimum Gasteiger partial charge on any atom is -0.387 e. The lowest BCUT2D eigenvalue weighted by molar-refractivity contribution is -0.688. The Morgan fingerprint density at radius 1 is 0.561 bits per heavy atom. The van der Waals surface area contributed by atoms with Crippen LogP contribution in [0.2, 0.25) is 0 Å². The molecule has 0 amide bonds. The summed E-state index contributed by atoms with van der Waals surface area (Å²) in [6.07, 6.45) is 19.1. The van der Waals surface area contributed by atoms with Crippen LogP contribution < -0.4 is 19.0 Å². The average Bonchev–Trinajstić information content (AvgIpc) is 3.25. The lowest BCUT2D eigenvalue weighted by atomic mass is 9.95. The number of aromatic nitrogens is 3. The van der Waals surface area contributed by atoms with Gasteiger partial charge in [-0.1, -0.05) is 113 Å². The van der Waals surface area contributed by atoms with Gasteiger partial charge in [-0.25, -0.2) is 4.57 Å². The largest absolute Gasteiger partial charge is 0.387 e. The van der Waals surface area contributed by atoms with Gasteiger partial charge in [0.05, 0.1) is 0 Å². The number of hydrogen-bond donors (Lipinski definition) is 1. The zero-order valence-electron chi connectivity index (χ0n) is 33.3. The fourth-order valence-corrected chi connectivity index (χ4v) is 7.43. The standard InChI is InChI=1S/C52H50N4O/c1-39(2)47-15-9-11-19-51(47)55-32-24-43(25-33-55)41(28-36-57)21-29-53-37-45-13-5-7-17-49(45)50-18-8-6-14-46(50)38-54-30-22-42(23-31-54)44-26-34-56(35-27-44)52-20-12-10-16-48(52)40(3)4/h5-36,39-40H,37-38H2,1-4H3/q+2/p+1. The Labute approximate surface area is 337 Å². The third-order valence-corrected chi connectivity index (χ3v) is 10.5. The summed E-state index contributed by atoms with van der Waals surface area (Å²) in [4.78, 5) is 11.6. The Balaban J connectivity index is 1.03. The number of carbonyl (C=O) groups is 1. The Kier molecular flexibility index (Phi) is 12.4. The van der Waals surface area contributed by atoms with E-state index in [0.29, 0.717) is 18.4 Å². The Morgan fingerprint density at radius 3 is 1.60 bits per heavy atom. The molecule has 7 aromatic rings. The number of allylic oxidation sites excluding steroid dienone is 3. The monoisotopic (exact) mass is 747 g/mol. The highest BCUT2D eigenvalue weighted by molar-refractivity contribution is 5.86. The molecule has 0 radical (unpaired) electrons. The smallest absolute Gasteiger partial charge is 0.214 e. The minimum atomic E-state index is 0.413. The molecule has 0 aliphatic rings. The van der Waals surface area contributed by atoms with Crippen LogP contribution >= 0.6 is 0 Å². The van der Waals surface area contributed by atoms with Gasteiger partial charge in [0.1, 0.15) is 6.29 Å². The molecule has 0 unspecified atom stereocenters. The van der Waals surface area contributed by atoms with Gasteiger partial charge in [0.15, 0.2) is 43.7 Å². The highest BCUT2D eigenvalue weighted by Crippen LogP contribution is 2.28. The lowest BCUT2D eigenvalue weighted by Crippen LogP contribution is -2.33. The molecule has 0 aliphatic carbocycles. The van der Waals surface area contributed by atoms with Gasteiger partial charge in [0.2, 0.25) is 11.4 Å². The fraction of sp³-hybridized carbons (Fsp3) is 0.154. The number of nitrogens with zero attached hydrogens (tertiary/aromatic N) is 3. The Morgan fingerprint density at radius 2 is 1.04 bits per heavy atom. The first-order chi connectivity index (χ1) is 27.9. The maximum Gasteiger partial charge on any atom is 0.214 e. The molecular formula is C52H51N4O+3. The van der Waals surface area contributed by atoms with Gasteiger partial charge in [-0.2, -0.15) is 9.13 Å². The van der Waals surface area contributed by atoms with Crippen molar-refractivity contribution in [3.8, 4) is 33.6 Å². The van der Waals surface area contributed by atoms with E-state index < -0.39 is 0 Å². The van der Waals surface area contributed by atoms with Crippen LogP contribution in [0.15, 0.2) is 189 Å². The van der Waals surface area contributed by atoms with Crippen LogP contribution in [0, 0.1) is 0 Å². The summed E-state index contributed by atoms with van der Waals surface area (Å²) in [7, 11) is 0. The average molecular weight is 748 g/mol. The van der Waals surface area contributed by atoms with Crippen LogP contribution in [0.5, 0.6) is 0 Å². The SMILES string of the molecule is CC(C)c1ccccc1-[n+]1ccc(C(C=CNCc2ccccc2-c2ccccc2C[n+]2ccc(-c3cc[n+](-c4ccccc4C(C)C)cc3)cc2)=CC=O)cc1. The van der Waals surface area contributed by atoms with Crippen LogP contribution in [0.25, 0.3) is 39.2 Å². The molecule has 7 rings (SSSR count). The van der Waals surface area contributed by atoms with Crippen molar-refractivity contribution in [3.05, 3.63) is 217 Å². The minimum absolute atomic E-state index is 0.413. The molecule has 0 spiro atoms. The van der Waals surface area contributed by atoms with Crippen molar-refractivity contribution in [2.24, 2.45) is 0 Å². The number of hydrogen-bond acceptors (Lipinski definition) is 2. The third-order valence-electron chi connectivity index (χ3n) is 10.5. The van der Waals surface area contributed by atoms with E-state index in [2.05, 4.69) is 217 Å². The maximum atomic E-state index is 11.6. The van der Waals surface area contributed by atoms with E-state index in [1.165, 1.54) is 50.2 Å². The molecule has 0 fully saturated rings. The molecule has 5 heteroatoms.